The van der Waals surface area contributed by atoms with Crippen molar-refractivity contribution in [1.29, 1.82) is 5.26 Å². The zero-order chi connectivity index (χ0) is 17.0. The van der Waals surface area contributed by atoms with Gasteiger partial charge < -0.3 is 5.32 Å². The summed E-state index contributed by atoms with van der Waals surface area (Å²) >= 11 is 11.9. The fourth-order valence-electron chi connectivity index (χ4n) is 2.12. The lowest BCUT2D eigenvalue weighted by Gasteiger charge is -2.11. The Labute approximate surface area is 145 Å². The molecule has 1 N–H and O–H groups in total. The van der Waals surface area contributed by atoms with Crippen LogP contribution in [0.15, 0.2) is 42.0 Å². The van der Waals surface area contributed by atoms with Gasteiger partial charge >= 0.3 is 0 Å². The number of anilines is 1. The summed E-state index contributed by atoms with van der Waals surface area (Å²) in [6.45, 7) is 3.79. The molecule has 0 aliphatic rings. The first kappa shape index (κ1) is 17.1. The number of carbonyl (C=O) groups is 1. The first-order chi connectivity index (χ1) is 10.9. The van der Waals surface area contributed by atoms with Crippen LogP contribution >= 0.6 is 23.2 Å². The Morgan fingerprint density at radius 2 is 1.83 bits per heavy atom. The van der Waals surface area contributed by atoms with Crippen LogP contribution in [0.1, 0.15) is 16.7 Å². The number of nitriles is 1. The fraction of sp³-hybridized carbons (Fsp3) is 0.111. The van der Waals surface area contributed by atoms with E-state index < -0.39 is 5.91 Å². The van der Waals surface area contributed by atoms with Gasteiger partial charge in [0.2, 0.25) is 0 Å². The minimum absolute atomic E-state index is 0.0307. The Hall–Kier alpha value is -2.28. The molecule has 2 rings (SSSR count). The van der Waals surface area contributed by atoms with E-state index in [0.29, 0.717) is 21.3 Å². The van der Waals surface area contributed by atoms with Crippen molar-refractivity contribution in [3.63, 3.8) is 0 Å². The molecule has 1 amide bonds. The molecule has 23 heavy (non-hydrogen) atoms. The molecule has 0 saturated carbocycles. The third-order valence-electron chi connectivity index (χ3n) is 3.35. The number of nitrogens with one attached hydrogen (secondary N) is 1. The van der Waals surface area contributed by atoms with Crippen LogP contribution in [0.25, 0.3) is 6.08 Å². The molecule has 5 heteroatoms. The van der Waals surface area contributed by atoms with Gasteiger partial charge in [-0.05, 0) is 48.7 Å². The minimum Gasteiger partial charge on any atom is -0.321 e. The van der Waals surface area contributed by atoms with Gasteiger partial charge in [-0.3, -0.25) is 4.79 Å². The van der Waals surface area contributed by atoms with Gasteiger partial charge in [0.15, 0.2) is 0 Å². The summed E-state index contributed by atoms with van der Waals surface area (Å²) in [5.74, 6) is -0.476. The molecule has 0 spiro atoms. The highest BCUT2D eigenvalue weighted by molar-refractivity contribution is 6.35. The predicted octanol–water partition coefficient (Wildman–Crippen LogP) is 5.16. The van der Waals surface area contributed by atoms with Crippen molar-refractivity contribution < 1.29 is 4.79 Å². The van der Waals surface area contributed by atoms with Gasteiger partial charge in [0.05, 0.1) is 0 Å². The number of benzene rings is 2. The highest BCUT2D eigenvalue weighted by Gasteiger charge is 2.13. The molecular weight excluding hydrogens is 331 g/mol. The van der Waals surface area contributed by atoms with Crippen molar-refractivity contribution in [2.75, 3.05) is 5.32 Å². The maximum absolute atomic E-state index is 12.4. The molecule has 0 aromatic heterocycles. The number of hydrogen-bond acceptors (Lipinski definition) is 2. The van der Waals surface area contributed by atoms with E-state index in [1.54, 1.807) is 18.2 Å². The normalized spacial score (nSPS) is 11.0. The van der Waals surface area contributed by atoms with Gasteiger partial charge in [0.1, 0.15) is 11.6 Å². The van der Waals surface area contributed by atoms with Gasteiger partial charge in [0.25, 0.3) is 5.91 Å². The van der Waals surface area contributed by atoms with Gasteiger partial charge in [-0.15, -0.1) is 0 Å². The molecule has 3 nitrogen and oxygen atoms in total. The summed E-state index contributed by atoms with van der Waals surface area (Å²) < 4.78 is 0. The second-order valence-electron chi connectivity index (χ2n) is 5.06. The van der Waals surface area contributed by atoms with Crippen LogP contribution in [0.4, 0.5) is 5.69 Å². The Bertz CT molecular complexity index is 815. The van der Waals surface area contributed by atoms with E-state index >= 15 is 0 Å². The Kier molecular flexibility index (Phi) is 5.44. The lowest BCUT2D eigenvalue weighted by atomic mass is 10.1. The van der Waals surface area contributed by atoms with Crippen LogP contribution in [-0.2, 0) is 4.79 Å². The maximum Gasteiger partial charge on any atom is 0.266 e. The van der Waals surface area contributed by atoms with E-state index in [0.717, 1.165) is 11.1 Å². The lowest BCUT2D eigenvalue weighted by molar-refractivity contribution is -0.112. The molecule has 0 aliphatic carbocycles. The van der Waals surface area contributed by atoms with E-state index in [-0.39, 0.29) is 5.57 Å². The molecule has 0 saturated heterocycles. The second kappa shape index (κ2) is 7.32. The molecule has 0 fully saturated rings. The standard InChI is InChI=1S/C18H14Cl2N2O/c1-11-4-3-5-12(2)17(11)22-18(23)14(10-21)8-13-6-7-15(19)9-16(13)20/h3-9H,1-2H3,(H,22,23)/b14-8-. The number of amides is 1. The molecule has 0 aliphatic heterocycles. The molecule has 0 heterocycles. The summed E-state index contributed by atoms with van der Waals surface area (Å²) in [6, 6.07) is 12.5. The van der Waals surface area contributed by atoms with Crippen molar-refractivity contribution >= 4 is 40.9 Å². The molecule has 2 aromatic carbocycles. The number of aryl methyl sites for hydroxylation is 2. The van der Waals surface area contributed by atoms with E-state index in [9.17, 15) is 10.1 Å². The minimum atomic E-state index is -0.476. The molecule has 116 valence electrons. The third-order valence-corrected chi connectivity index (χ3v) is 3.91. The van der Waals surface area contributed by atoms with E-state index in [1.807, 2.05) is 38.1 Å². The van der Waals surface area contributed by atoms with Crippen molar-refractivity contribution in [2.24, 2.45) is 0 Å². The molecule has 0 radical (unpaired) electrons. The summed E-state index contributed by atoms with van der Waals surface area (Å²) in [5.41, 5.74) is 3.10. The zero-order valence-corrected chi connectivity index (χ0v) is 14.2. The molecule has 0 bridgehead atoms. The van der Waals surface area contributed by atoms with E-state index in [4.69, 9.17) is 23.2 Å². The highest BCUT2D eigenvalue weighted by Crippen LogP contribution is 2.24. The van der Waals surface area contributed by atoms with Crippen LogP contribution in [0.2, 0.25) is 10.0 Å². The quantitative estimate of drug-likeness (QED) is 0.617. The number of carbonyl (C=O) groups excluding carboxylic acids is 1. The number of hydrogen-bond donors (Lipinski definition) is 1. The Morgan fingerprint density at radius 3 is 2.39 bits per heavy atom. The fourth-order valence-corrected chi connectivity index (χ4v) is 2.58. The molecular formula is C18H14Cl2N2O. The number of para-hydroxylation sites is 1. The average Bonchev–Trinajstić information content (AvgIpc) is 2.50. The predicted molar refractivity (Wildman–Crippen MR) is 94.6 cm³/mol. The van der Waals surface area contributed by atoms with Crippen LogP contribution in [0, 0.1) is 25.2 Å². The molecule has 0 unspecified atom stereocenters. The van der Waals surface area contributed by atoms with Crippen molar-refractivity contribution in [1.82, 2.24) is 0 Å². The number of halogens is 2. The van der Waals surface area contributed by atoms with E-state index in [1.165, 1.54) is 6.08 Å². The van der Waals surface area contributed by atoms with Gasteiger partial charge in [0, 0.05) is 15.7 Å². The van der Waals surface area contributed by atoms with Gasteiger partial charge in [-0.1, -0.05) is 47.5 Å². The SMILES string of the molecule is Cc1cccc(C)c1NC(=O)/C(C#N)=C\c1ccc(Cl)cc1Cl. The first-order valence-corrected chi connectivity index (χ1v) is 7.62. The first-order valence-electron chi connectivity index (χ1n) is 6.87. The van der Waals surface area contributed by atoms with Crippen LogP contribution in [-0.4, -0.2) is 5.91 Å². The van der Waals surface area contributed by atoms with Crippen LogP contribution < -0.4 is 5.32 Å². The molecule has 0 atom stereocenters. The number of rotatable bonds is 3. The smallest absolute Gasteiger partial charge is 0.266 e. The Balaban J connectivity index is 2.32. The second-order valence-corrected chi connectivity index (χ2v) is 5.90. The van der Waals surface area contributed by atoms with E-state index in [2.05, 4.69) is 5.32 Å². The monoisotopic (exact) mass is 344 g/mol. The van der Waals surface area contributed by atoms with Crippen LogP contribution in [0.3, 0.4) is 0 Å². The summed E-state index contributed by atoms with van der Waals surface area (Å²) in [7, 11) is 0. The largest absolute Gasteiger partial charge is 0.321 e. The topological polar surface area (TPSA) is 52.9 Å². The van der Waals surface area contributed by atoms with Crippen LogP contribution in [0.5, 0.6) is 0 Å². The maximum atomic E-state index is 12.4. The van der Waals surface area contributed by atoms with Crippen molar-refractivity contribution in [3.05, 3.63) is 68.7 Å². The van der Waals surface area contributed by atoms with Gasteiger partial charge in [-0.25, -0.2) is 0 Å². The summed E-state index contributed by atoms with van der Waals surface area (Å²) in [5, 5.41) is 12.9. The average molecular weight is 345 g/mol. The lowest BCUT2D eigenvalue weighted by Crippen LogP contribution is -2.15. The van der Waals surface area contributed by atoms with Gasteiger partial charge in [-0.2, -0.15) is 5.26 Å². The molecule has 2 aromatic rings. The summed E-state index contributed by atoms with van der Waals surface area (Å²) in [6.07, 6.45) is 1.45. The highest BCUT2D eigenvalue weighted by atomic mass is 35.5. The van der Waals surface area contributed by atoms with Crippen molar-refractivity contribution in [3.8, 4) is 6.07 Å². The Morgan fingerprint density at radius 1 is 1.17 bits per heavy atom. The van der Waals surface area contributed by atoms with Crippen molar-refractivity contribution in [2.45, 2.75) is 13.8 Å². The number of nitrogens with zero attached hydrogens (tertiary/aromatic N) is 1. The third kappa shape index (κ3) is 4.13. The zero-order valence-electron chi connectivity index (χ0n) is 12.7. The summed E-state index contributed by atoms with van der Waals surface area (Å²) in [4.78, 5) is 12.4.